The second-order valence-corrected chi connectivity index (χ2v) is 2.48. The van der Waals surface area contributed by atoms with Gasteiger partial charge in [0.05, 0.1) is 6.10 Å². The summed E-state index contributed by atoms with van der Waals surface area (Å²) in [6.07, 6.45) is -0.122. The summed E-state index contributed by atoms with van der Waals surface area (Å²) >= 11 is 0. The van der Waals surface area contributed by atoms with Gasteiger partial charge in [-0.1, -0.05) is 0 Å². The van der Waals surface area contributed by atoms with Gasteiger partial charge in [0.1, 0.15) is 0 Å². The molecule has 1 rings (SSSR count). The zero-order chi connectivity index (χ0) is 8.43. The van der Waals surface area contributed by atoms with Crippen molar-refractivity contribution < 1.29 is 19.8 Å². The lowest BCUT2D eigenvalue weighted by atomic mass is 10.2. The molecule has 0 aliphatic carbocycles. The average Bonchev–Trinajstić information content (AvgIpc) is 2.30. The summed E-state index contributed by atoms with van der Waals surface area (Å²) < 4.78 is 0. The Hall–Kier alpha value is -1.10. The van der Waals surface area contributed by atoms with Gasteiger partial charge >= 0.3 is 5.97 Å². The van der Waals surface area contributed by atoms with Gasteiger partial charge in [0.2, 0.25) is 6.41 Å². The molecule has 0 saturated carbocycles. The van der Waals surface area contributed by atoms with Crippen LogP contribution in [0.5, 0.6) is 0 Å². The minimum absolute atomic E-state index is 0.321. The molecule has 0 spiro atoms. The minimum atomic E-state index is -1.15. The third-order valence-corrected chi connectivity index (χ3v) is 1.79. The van der Waals surface area contributed by atoms with Crippen molar-refractivity contribution in [3.63, 3.8) is 0 Å². The predicted octanol–water partition coefficient (Wildman–Crippen LogP) is -1.34. The van der Waals surface area contributed by atoms with E-state index >= 15 is 0 Å². The maximum Gasteiger partial charge on any atom is 0.329 e. The highest BCUT2D eigenvalue weighted by Crippen LogP contribution is 2.15. The molecule has 5 heteroatoms. The van der Waals surface area contributed by atoms with Crippen molar-refractivity contribution in [2.24, 2.45) is 0 Å². The van der Waals surface area contributed by atoms with Gasteiger partial charge in [0.25, 0.3) is 0 Å². The molecule has 62 valence electrons. The lowest BCUT2D eigenvalue weighted by molar-refractivity contribution is -0.147. The third-order valence-electron chi connectivity index (χ3n) is 1.79. The molecule has 1 saturated heterocycles. The number of aliphatic hydroxyl groups excluding tert-OH is 1. The molecule has 2 atom stereocenters. The topological polar surface area (TPSA) is 77.8 Å². The quantitative estimate of drug-likeness (QED) is 0.489. The lowest BCUT2D eigenvalue weighted by Gasteiger charge is -2.16. The van der Waals surface area contributed by atoms with Gasteiger partial charge < -0.3 is 15.1 Å². The molecule has 1 fully saturated rings. The number of aliphatic carboxylic acids is 1. The summed E-state index contributed by atoms with van der Waals surface area (Å²) in [5, 5.41) is 17.6. The minimum Gasteiger partial charge on any atom is -0.480 e. The molecule has 0 aromatic heterocycles. The Kier molecular flexibility index (Phi) is 2.09. The molecule has 1 aliphatic heterocycles. The number of carboxylic acids is 1. The van der Waals surface area contributed by atoms with E-state index in [1.165, 1.54) is 0 Å². The van der Waals surface area contributed by atoms with E-state index in [0.717, 1.165) is 4.90 Å². The predicted molar refractivity (Wildman–Crippen MR) is 34.8 cm³/mol. The third kappa shape index (κ3) is 1.32. The first-order valence-corrected chi connectivity index (χ1v) is 3.28. The van der Waals surface area contributed by atoms with E-state index in [1.807, 2.05) is 0 Å². The summed E-state index contributed by atoms with van der Waals surface area (Å²) in [5.74, 6) is -1.15. The van der Waals surface area contributed by atoms with E-state index in [2.05, 4.69) is 0 Å². The van der Waals surface area contributed by atoms with E-state index in [0.29, 0.717) is 19.4 Å². The van der Waals surface area contributed by atoms with Crippen molar-refractivity contribution in [3.05, 3.63) is 0 Å². The smallest absolute Gasteiger partial charge is 0.329 e. The van der Waals surface area contributed by atoms with Gasteiger partial charge in [-0.15, -0.1) is 0 Å². The largest absolute Gasteiger partial charge is 0.480 e. The second kappa shape index (κ2) is 2.87. The number of amides is 1. The van der Waals surface area contributed by atoms with Crippen LogP contribution >= 0.6 is 0 Å². The van der Waals surface area contributed by atoms with E-state index in [-0.39, 0.29) is 0 Å². The standard InChI is InChI=1S/C6H9NO4/c8-3-7-2-1-4(9)5(7)6(10)11/h3-5,9H,1-2H2,(H,10,11)/t4-,5-/m1/s1. The number of likely N-dealkylation sites (tertiary alicyclic amines) is 1. The Labute approximate surface area is 63.2 Å². The van der Waals surface area contributed by atoms with Gasteiger partial charge in [-0.2, -0.15) is 0 Å². The highest BCUT2D eigenvalue weighted by molar-refractivity contribution is 5.77. The molecule has 0 aromatic rings. The van der Waals surface area contributed by atoms with Crippen molar-refractivity contribution in [3.8, 4) is 0 Å². The molecule has 0 unspecified atom stereocenters. The van der Waals surface area contributed by atoms with Crippen LogP contribution in [0, 0.1) is 0 Å². The van der Waals surface area contributed by atoms with Crippen molar-refractivity contribution in [1.29, 1.82) is 0 Å². The fourth-order valence-corrected chi connectivity index (χ4v) is 1.22. The monoisotopic (exact) mass is 159 g/mol. The highest BCUT2D eigenvalue weighted by atomic mass is 16.4. The van der Waals surface area contributed by atoms with Gasteiger partial charge in [0, 0.05) is 6.54 Å². The Morgan fingerprint density at radius 3 is 2.64 bits per heavy atom. The zero-order valence-electron chi connectivity index (χ0n) is 5.80. The highest BCUT2D eigenvalue weighted by Gasteiger charge is 2.37. The normalized spacial score (nSPS) is 30.5. The van der Waals surface area contributed by atoms with Crippen molar-refractivity contribution in [2.45, 2.75) is 18.6 Å². The average molecular weight is 159 g/mol. The number of hydrogen-bond acceptors (Lipinski definition) is 3. The number of carboxylic acid groups (broad SMARTS) is 1. The van der Waals surface area contributed by atoms with Crippen LogP contribution in [0.4, 0.5) is 0 Å². The Morgan fingerprint density at radius 2 is 2.27 bits per heavy atom. The van der Waals surface area contributed by atoms with Crippen molar-refractivity contribution >= 4 is 12.4 Å². The molecule has 0 aromatic carbocycles. The number of aliphatic hydroxyl groups is 1. The van der Waals surface area contributed by atoms with E-state index in [9.17, 15) is 9.59 Å². The van der Waals surface area contributed by atoms with Crippen LogP contribution < -0.4 is 0 Å². The molecular weight excluding hydrogens is 150 g/mol. The van der Waals surface area contributed by atoms with E-state index < -0.39 is 18.1 Å². The number of carbonyl (C=O) groups is 2. The van der Waals surface area contributed by atoms with Crippen LogP contribution in [-0.4, -0.2) is 46.2 Å². The number of carbonyl (C=O) groups excluding carboxylic acids is 1. The van der Waals surface area contributed by atoms with Crippen LogP contribution in [0.15, 0.2) is 0 Å². The fraction of sp³-hybridized carbons (Fsp3) is 0.667. The summed E-state index contributed by atoms with van der Waals surface area (Å²) in [6.45, 7) is 0.321. The Balaban J connectivity index is 2.70. The lowest BCUT2D eigenvalue weighted by Crippen LogP contribution is -2.40. The maximum atomic E-state index is 10.4. The molecule has 5 nitrogen and oxygen atoms in total. The zero-order valence-corrected chi connectivity index (χ0v) is 5.80. The maximum absolute atomic E-state index is 10.4. The second-order valence-electron chi connectivity index (χ2n) is 2.48. The molecule has 2 N–H and O–H groups in total. The van der Waals surface area contributed by atoms with Crippen LogP contribution in [-0.2, 0) is 9.59 Å². The summed E-state index contributed by atoms with van der Waals surface area (Å²) in [7, 11) is 0. The summed E-state index contributed by atoms with van der Waals surface area (Å²) in [6, 6.07) is -1.05. The first-order chi connectivity index (χ1) is 5.16. The van der Waals surface area contributed by atoms with Crippen molar-refractivity contribution in [1.82, 2.24) is 4.90 Å². The van der Waals surface area contributed by atoms with Gasteiger partial charge in [-0.05, 0) is 6.42 Å². The first kappa shape index (κ1) is 8.00. The number of nitrogens with zero attached hydrogens (tertiary/aromatic N) is 1. The van der Waals surface area contributed by atoms with Gasteiger partial charge in [-0.25, -0.2) is 4.79 Å². The molecular formula is C6H9NO4. The summed E-state index contributed by atoms with van der Waals surface area (Å²) in [5.41, 5.74) is 0. The summed E-state index contributed by atoms with van der Waals surface area (Å²) in [4.78, 5) is 21.7. The molecule has 1 aliphatic rings. The van der Waals surface area contributed by atoms with Crippen LogP contribution in [0.2, 0.25) is 0 Å². The van der Waals surface area contributed by atoms with Crippen LogP contribution in [0.25, 0.3) is 0 Å². The van der Waals surface area contributed by atoms with E-state index in [4.69, 9.17) is 10.2 Å². The van der Waals surface area contributed by atoms with E-state index in [1.54, 1.807) is 0 Å². The van der Waals surface area contributed by atoms with Crippen molar-refractivity contribution in [2.75, 3.05) is 6.54 Å². The van der Waals surface area contributed by atoms with Gasteiger partial charge in [0.15, 0.2) is 6.04 Å². The Bertz CT molecular complexity index is 181. The first-order valence-electron chi connectivity index (χ1n) is 3.28. The fourth-order valence-electron chi connectivity index (χ4n) is 1.22. The molecule has 0 bridgehead atoms. The molecule has 11 heavy (non-hydrogen) atoms. The molecule has 0 radical (unpaired) electrons. The van der Waals surface area contributed by atoms with Crippen LogP contribution in [0.1, 0.15) is 6.42 Å². The molecule has 1 amide bonds. The SMILES string of the molecule is O=CN1CC[C@@H](O)[C@@H]1C(=O)O. The van der Waals surface area contributed by atoms with Gasteiger partial charge in [-0.3, -0.25) is 4.79 Å². The number of rotatable bonds is 2. The van der Waals surface area contributed by atoms with Crippen LogP contribution in [0.3, 0.4) is 0 Å². The number of hydrogen-bond donors (Lipinski definition) is 2. The molecule has 1 heterocycles. The Morgan fingerprint density at radius 1 is 1.64 bits per heavy atom.